The minimum Gasteiger partial charge on any atom is -0.462 e. The van der Waals surface area contributed by atoms with E-state index < -0.39 is 12.0 Å². The molecule has 0 aliphatic heterocycles. The molecule has 1 aromatic rings. The lowest BCUT2D eigenvalue weighted by molar-refractivity contribution is -0.137. The fraction of sp³-hybridized carbons (Fsp3) is 0.459. The molecule has 0 radical (unpaired) electrons. The predicted molar refractivity (Wildman–Crippen MR) is 177 cm³/mol. The van der Waals surface area contributed by atoms with Gasteiger partial charge in [0.15, 0.2) is 0 Å². The standard InChI is InChI=1S/C37H53NO4/c1-5-7-8-9-10-11-12-13-14-15-16-17-18-19-20-21-22-23-24-27-30-38-34(31-32(3)4)37(40)42-35-29-26-25-28-33(35)36(39)41-6-2/h7-8,10-11,13-14,16-17,19-20,22-23,25-26,28-29,32,34,38H,5-6,9,12,15,18,21,24,27,30-31H2,1-4H3/b8-7-,11-10-,14-13-,17-16-,20-19-,23-22-. The van der Waals surface area contributed by atoms with E-state index in [4.69, 9.17) is 9.47 Å². The van der Waals surface area contributed by atoms with Crippen LogP contribution < -0.4 is 10.1 Å². The Bertz CT molecular complexity index is 1050. The first-order valence-electron chi connectivity index (χ1n) is 15.6. The van der Waals surface area contributed by atoms with Crippen molar-refractivity contribution in [2.75, 3.05) is 13.2 Å². The van der Waals surface area contributed by atoms with Crippen molar-refractivity contribution >= 4 is 11.9 Å². The summed E-state index contributed by atoms with van der Waals surface area (Å²) in [6.07, 6.45) is 34.9. The summed E-state index contributed by atoms with van der Waals surface area (Å²) in [7, 11) is 0. The van der Waals surface area contributed by atoms with Crippen LogP contribution in [0.1, 0.15) is 95.8 Å². The third kappa shape index (κ3) is 18.8. The smallest absolute Gasteiger partial charge is 0.341 e. The van der Waals surface area contributed by atoms with Crippen molar-refractivity contribution in [1.29, 1.82) is 0 Å². The lowest BCUT2D eigenvalue weighted by Crippen LogP contribution is -2.41. The van der Waals surface area contributed by atoms with Crippen molar-refractivity contribution in [2.45, 2.75) is 91.5 Å². The van der Waals surface area contributed by atoms with Crippen molar-refractivity contribution in [3.63, 3.8) is 0 Å². The molecule has 1 unspecified atom stereocenters. The molecule has 1 aromatic carbocycles. The van der Waals surface area contributed by atoms with Crippen molar-refractivity contribution in [1.82, 2.24) is 5.32 Å². The third-order valence-electron chi connectivity index (χ3n) is 6.12. The number of para-hydroxylation sites is 1. The zero-order valence-electron chi connectivity index (χ0n) is 26.3. The Kier molecular flexibility index (Phi) is 22.0. The van der Waals surface area contributed by atoms with Gasteiger partial charge in [-0.25, -0.2) is 9.59 Å². The summed E-state index contributed by atoms with van der Waals surface area (Å²) >= 11 is 0. The number of nitrogens with one attached hydrogen (secondary N) is 1. The summed E-state index contributed by atoms with van der Waals surface area (Å²) in [5.41, 5.74) is 0.258. The lowest BCUT2D eigenvalue weighted by Gasteiger charge is -2.20. The van der Waals surface area contributed by atoms with Crippen LogP contribution in [-0.4, -0.2) is 31.1 Å². The highest BCUT2D eigenvalue weighted by molar-refractivity contribution is 5.93. The zero-order valence-corrected chi connectivity index (χ0v) is 26.3. The Hall–Kier alpha value is -3.44. The number of unbranched alkanes of at least 4 members (excludes halogenated alkanes) is 1. The highest BCUT2D eigenvalue weighted by Gasteiger charge is 2.23. The molecule has 42 heavy (non-hydrogen) atoms. The Morgan fingerprint density at radius 1 is 0.762 bits per heavy atom. The monoisotopic (exact) mass is 575 g/mol. The van der Waals surface area contributed by atoms with Gasteiger partial charge in [0, 0.05) is 0 Å². The molecule has 0 amide bonds. The van der Waals surface area contributed by atoms with Crippen LogP contribution in [-0.2, 0) is 9.53 Å². The molecule has 5 heteroatoms. The van der Waals surface area contributed by atoms with Gasteiger partial charge in [0.2, 0.25) is 0 Å². The van der Waals surface area contributed by atoms with Crippen LogP contribution in [0.25, 0.3) is 0 Å². The zero-order chi connectivity index (χ0) is 30.7. The van der Waals surface area contributed by atoms with E-state index in [0.29, 0.717) is 18.9 Å². The minimum atomic E-state index is -0.495. The van der Waals surface area contributed by atoms with Gasteiger partial charge in [-0.15, -0.1) is 0 Å². The minimum absolute atomic E-state index is 0.231. The molecule has 1 N–H and O–H groups in total. The predicted octanol–water partition coefficient (Wildman–Crippen LogP) is 9.25. The number of rotatable bonds is 22. The second kappa shape index (κ2) is 25.3. The van der Waals surface area contributed by atoms with Gasteiger partial charge in [0.25, 0.3) is 0 Å². The molecule has 0 saturated heterocycles. The van der Waals surface area contributed by atoms with Crippen LogP contribution in [0.2, 0.25) is 0 Å². The largest absolute Gasteiger partial charge is 0.462 e. The summed E-state index contributed by atoms with van der Waals surface area (Å²) < 4.78 is 10.7. The molecule has 0 fully saturated rings. The number of allylic oxidation sites excluding steroid dienone is 12. The summed E-state index contributed by atoms with van der Waals surface area (Å²) in [5, 5.41) is 3.35. The molecule has 1 atom stereocenters. The van der Waals surface area contributed by atoms with Crippen LogP contribution in [0.15, 0.2) is 97.2 Å². The number of hydrogen-bond donors (Lipinski definition) is 1. The van der Waals surface area contributed by atoms with Crippen molar-refractivity contribution in [3.05, 3.63) is 103 Å². The molecule has 0 saturated carbocycles. The number of esters is 2. The summed E-state index contributed by atoms with van der Waals surface area (Å²) in [6.45, 7) is 9.01. The average molecular weight is 576 g/mol. The quantitative estimate of drug-likeness (QED) is 0.0646. The maximum absolute atomic E-state index is 13.0. The maximum atomic E-state index is 13.0. The molecule has 1 rings (SSSR count). The molecule has 0 bridgehead atoms. The molecule has 0 aromatic heterocycles. The number of hydrogen-bond acceptors (Lipinski definition) is 5. The Balaban J connectivity index is 2.28. The van der Waals surface area contributed by atoms with Gasteiger partial charge >= 0.3 is 11.9 Å². The molecular weight excluding hydrogens is 522 g/mol. The number of carbonyl (C=O) groups excluding carboxylic acids is 2. The van der Waals surface area contributed by atoms with Gasteiger partial charge in [-0.1, -0.05) is 106 Å². The van der Waals surface area contributed by atoms with Gasteiger partial charge in [0.05, 0.1) is 6.61 Å². The Morgan fingerprint density at radius 2 is 1.29 bits per heavy atom. The van der Waals surface area contributed by atoms with Crippen LogP contribution in [0.5, 0.6) is 5.75 Å². The first-order valence-corrected chi connectivity index (χ1v) is 15.6. The summed E-state index contributed by atoms with van der Waals surface area (Å²) in [6, 6.07) is 6.26. The molecule has 230 valence electrons. The lowest BCUT2D eigenvalue weighted by atomic mass is 10.0. The second-order valence-electron chi connectivity index (χ2n) is 10.3. The van der Waals surface area contributed by atoms with Crippen molar-refractivity contribution in [3.8, 4) is 5.75 Å². The Morgan fingerprint density at radius 3 is 1.81 bits per heavy atom. The van der Waals surface area contributed by atoms with E-state index in [2.05, 4.69) is 99.0 Å². The number of carbonyl (C=O) groups is 2. The highest BCUT2D eigenvalue weighted by Crippen LogP contribution is 2.20. The van der Waals surface area contributed by atoms with Crippen LogP contribution in [0.3, 0.4) is 0 Å². The normalized spacial score (nSPS) is 13.2. The number of ether oxygens (including phenoxy) is 2. The SMILES string of the molecule is CC/C=C\C/C=C\C/C=C\C/C=C\C/C=C\C/C=C\CCCNC(CC(C)C)C(=O)Oc1ccccc1C(=O)OCC. The van der Waals surface area contributed by atoms with Gasteiger partial charge < -0.3 is 14.8 Å². The van der Waals surface area contributed by atoms with Crippen molar-refractivity contribution < 1.29 is 19.1 Å². The van der Waals surface area contributed by atoms with Gasteiger partial charge in [-0.2, -0.15) is 0 Å². The average Bonchev–Trinajstić information content (AvgIpc) is 2.97. The first-order chi connectivity index (χ1) is 20.5. The van der Waals surface area contributed by atoms with Crippen molar-refractivity contribution in [2.24, 2.45) is 5.92 Å². The highest BCUT2D eigenvalue weighted by atomic mass is 16.5. The Labute approximate surface area is 255 Å². The summed E-state index contributed by atoms with van der Waals surface area (Å²) in [4.78, 5) is 25.2. The second-order valence-corrected chi connectivity index (χ2v) is 10.3. The molecular formula is C37H53NO4. The first kappa shape index (κ1) is 36.6. The van der Waals surface area contributed by atoms with E-state index >= 15 is 0 Å². The van der Waals surface area contributed by atoms with Crippen LogP contribution >= 0.6 is 0 Å². The van der Waals surface area contributed by atoms with Gasteiger partial charge in [0.1, 0.15) is 17.4 Å². The van der Waals surface area contributed by atoms with E-state index in [1.54, 1.807) is 31.2 Å². The van der Waals surface area contributed by atoms with E-state index in [0.717, 1.165) is 51.4 Å². The maximum Gasteiger partial charge on any atom is 0.341 e. The van der Waals surface area contributed by atoms with E-state index in [1.807, 2.05) is 0 Å². The molecule has 0 aliphatic rings. The fourth-order valence-electron chi connectivity index (χ4n) is 3.98. The molecule has 0 heterocycles. The van der Waals surface area contributed by atoms with Crippen LogP contribution in [0, 0.1) is 5.92 Å². The van der Waals surface area contributed by atoms with E-state index in [1.165, 1.54) is 0 Å². The molecule has 5 nitrogen and oxygen atoms in total. The molecule has 0 spiro atoms. The summed E-state index contributed by atoms with van der Waals surface area (Å²) in [5.74, 6) is -0.326. The van der Waals surface area contributed by atoms with E-state index in [-0.39, 0.29) is 23.9 Å². The third-order valence-corrected chi connectivity index (χ3v) is 6.12. The fourth-order valence-corrected chi connectivity index (χ4v) is 3.98. The topological polar surface area (TPSA) is 64.6 Å². The molecule has 0 aliphatic carbocycles. The number of benzene rings is 1. The van der Waals surface area contributed by atoms with Gasteiger partial charge in [-0.05, 0) is 89.3 Å². The van der Waals surface area contributed by atoms with Gasteiger partial charge in [-0.3, -0.25) is 0 Å². The van der Waals surface area contributed by atoms with E-state index in [9.17, 15) is 9.59 Å². The van der Waals surface area contributed by atoms with Crippen LogP contribution in [0.4, 0.5) is 0 Å².